The SMILES string of the molecule is C=Cc1ccc(C(=O)O)cc1.c1ccc([S+](c2ccccc2)c2ccccc2)cc1. The molecule has 0 saturated heterocycles. The molecule has 30 heavy (non-hydrogen) atoms. The van der Waals surface area contributed by atoms with Crippen molar-refractivity contribution in [2.75, 3.05) is 0 Å². The Morgan fingerprint density at radius 1 is 0.633 bits per heavy atom. The van der Waals surface area contributed by atoms with E-state index in [4.69, 9.17) is 5.11 Å². The minimum Gasteiger partial charge on any atom is -0.478 e. The van der Waals surface area contributed by atoms with E-state index in [0.717, 1.165) is 5.56 Å². The number of carbonyl (C=O) groups is 1. The lowest BCUT2D eigenvalue weighted by Gasteiger charge is -2.07. The topological polar surface area (TPSA) is 37.3 Å². The summed E-state index contributed by atoms with van der Waals surface area (Å²) in [5.74, 6) is -0.902. The molecule has 0 atom stereocenters. The fourth-order valence-electron chi connectivity index (χ4n) is 2.84. The molecule has 0 aliphatic rings. The monoisotopic (exact) mass is 411 g/mol. The lowest BCUT2D eigenvalue weighted by atomic mass is 10.1. The van der Waals surface area contributed by atoms with Crippen LogP contribution < -0.4 is 0 Å². The smallest absolute Gasteiger partial charge is 0.335 e. The summed E-state index contributed by atoms with van der Waals surface area (Å²) in [6.45, 7) is 3.56. The van der Waals surface area contributed by atoms with Crippen molar-refractivity contribution in [1.82, 2.24) is 0 Å². The second-order valence-electron chi connectivity index (χ2n) is 6.38. The molecule has 2 nitrogen and oxygen atoms in total. The van der Waals surface area contributed by atoms with E-state index in [1.165, 1.54) is 14.7 Å². The van der Waals surface area contributed by atoms with Crippen LogP contribution in [-0.4, -0.2) is 11.1 Å². The van der Waals surface area contributed by atoms with E-state index in [1.807, 2.05) is 0 Å². The van der Waals surface area contributed by atoms with Crippen LogP contribution in [0.25, 0.3) is 6.08 Å². The number of aromatic carboxylic acids is 1. The standard InChI is InChI=1S/C18H15S.C9H8O2/c1-4-10-16(11-5-1)19(17-12-6-2-7-13-17)18-14-8-3-9-15-18;1-2-7-3-5-8(6-4-7)9(10)11/h1-15H;2-6H,1H2,(H,10,11)/q+1;. The van der Waals surface area contributed by atoms with Crippen LogP contribution in [0.15, 0.2) is 137 Å². The van der Waals surface area contributed by atoms with Crippen LogP contribution in [0, 0.1) is 0 Å². The van der Waals surface area contributed by atoms with Gasteiger partial charge in [-0.25, -0.2) is 4.79 Å². The minimum absolute atomic E-state index is 0.0146. The minimum atomic E-state index is -0.902. The number of carboxylic acids is 1. The highest BCUT2D eigenvalue weighted by molar-refractivity contribution is 7.97. The molecule has 0 heterocycles. The van der Waals surface area contributed by atoms with E-state index in [1.54, 1.807) is 30.3 Å². The molecule has 0 aromatic heterocycles. The van der Waals surface area contributed by atoms with Gasteiger partial charge < -0.3 is 5.11 Å². The van der Waals surface area contributed by atoms with Gasteiger partial charge in [0.2, 0.25) is 0 Å². The van der Waals surface area contributed by atoms with E-state index >= 15 is 0 Å². The molecule has 0 amide bonds. The van der Waals surface area contributed by atoms with E-state index in [-0.39, 0.29) is 10.9 Å². The normalized spacial score (nSPS) is 10.0. The molecule has 4 aromatic carbocycles. The van der Waals surface area contributed by atoms with Gasteiger partial charge in [0, 0.05) is 0 Å². The highest BCUT2D eigenvalue weighted by atomic mass is 32.2. The molecule has 0 unspecified atom stereocenters. The summed E-state index contributed by atoms with van der Waals surface area (Å²) in [5.41, 5.74) is 1.23. The van der Waals surface area contributed by atoms with Gasteiger partial charge in [0.05, 0.1) is 16.5 Å². The Bertz CT molecular complexity index is 966. The average molecular weight is 412 g/mol. The summed E-state index contributed by atoms with van der Waals surface area (Å²) in [4.78, 5) is 14.5. The first-order valence-electron chi connectivity index (χ1n) is 9.54. The van der Waals surface area contributed by atoms with Crippen molar-refractivity contribution >= 4 is 22.9 Å². The third kappa shape index (κ3) is 5.72. The van der Waals surface area contributed by atoms with Crippen LogP contribution in [0.5, 0.6) is 0 Å². The van der Waals surface area contributed by atoms with Gasteiger partial charge in [0.25, 0.3) is 0 Å². The molecule has 0 saturated carbocycles. The fourth-order valence-corrected chi connectivity index (χ4v) is 4.94. The zero-order valence-electron chi connectivity index (χ0n) is 16.5. The summed E-state index contributed by atoms with van der Waals surface area (Å²) in [5, 5.41) is 8.52. The number of rotatable bonds is 5. The molecule has 4 aromatic rings. The molecule has 4 rings (SSSR count). The van der Waals surface area contributed by atoms with Gasteiger partial charge in [-0.1, -0.05) is 79.4 Å². The Hall–Kier alpha value is -3.56. The van der Waals surface area contributed by atoms with E-state index in [2.05, 4.69) is 97.6 Å². The summed E-state index contributed by atoms with van der Waals surface area (Å²) in [6.07, 6.45) is 1.67. The van der Waals surface area contributed by atoms with Crippen LogP contribution in [0.4, 0.5) is 0 Å². The fraction of sp³-hybridized carbons (Fsp3) is 0. The number of hydrogen-bond donors (Lipinski definition) is 1. The van der Waals surface area contributed by atoms with Gasteiger partial charge in [0.1, 0.15) is 0 Å². The Labute approximate surface area is 180 Å². The maximum absolute atomic E-state index is 10.4. The quantitative estimate of drug-likeness (QED) is 0.366. The summed E-state index contributed by atoms with van der Waals surface area (Å²) in [7, 11) is -0.0146. The second-order valence-corrected chi connectivity index (χ2v) is 8.40. The molecule has 0 aliphatic carbocycles. The second kappa shape index (κ2) is 10.8. The van der Waals surface area contributed by atoms with Crippen molar-refractivity contribution in [3.8, 4) is 0 Å². The predicted molar refractivity (Wildman–Crippen MR) is 125 cm³/mol. The lowest BCUT2D eigenvalue weighted by molar-refractivity contribution is 0.0697. The third-order valence-electron chi connectivity index (χ3n) is 4.33. The predicted octanol–water partition coefficient (Wildman–Crippen LogP) is 6.81. The van der Waals surface area contributed by atoms with Crippen molar-refractivity contribution in [3.63, 3.8) is 0 Å². The molecule has 0 aliphatic heterocycles. The van der Waals surface area contributed by atoms with Gasteiger partial charge in [-0.2, -0.15) is 0 Å². The highest BCUT2D eigenvalue weighted by Gasteiger charge is 2.27. The highest BCUT2D eigenvalue weighted by Crippen LogP contribution is 2.30. The zero-order valence-corrected chi connectivity index (χ0v) is 17.3. The van der Waals surface area contributed by atoms with Gasteiger partial charge in [-0.3, -0.25) is 0 Å². The van der Waals surface area contributed by atoms with Crippen molar-refractivity contribution in [1.29, 1.82) is 0 Å². The molecule has 0 fully saturated rings. The number of benzene rings is 4. The summed E-state index contributed by atoms with van der Waals surface area (Å²) < 4.78 is 0. The van der Waals surface area contributed by atoms with Crippen LogP contribution in [-0.2, 0) is 10.9 Å². The first-order valence-corrected chi connectivity index (χ1v) is 10.8. The number of hydrogen-bond acceptors (Lipinski definition) is 1. The third-order valence-corrected chi connectivity index (χ3v) is 6.56. The molecule has 3 heteroatoms. The first kappa shape index (κ1) is 21.2. The van der Waals surface area contributed by atoms with Crippen molar-refractivity contribution in [2.24, 2.45) is 0 Å². The maximum Gasteiger partial charge on any atom is 0.335 e. The largest absolute Gasteiger partial charge is 0.478 e. The molecule has 148 valence electrons. The van der Waals surface area contributed by atoms with Crippen LogP contribution in [0.1, 0.15) is 15.9 Å². The number of carboxylic acid groups (broad SMARTS) is 1. The van der Waals surface area contributed by atoms with Gasteiger partial charge in [-0.05, 0) is 54.1 Å². The summed E-state index contributed by atoms with van der Waals surface area (Å²) >= 11 is 0. The van der Waals surface area contributed by atoms with Crippen molar-refractivity contribution in [2.45, 2.75) is 14.7 Å². The van der Waals surface area contributed by atoms with Crippen LogP contribution in [0.3, 0.4) is 0 Å². The Morgan fingerprint density at radius 2 is 1.00 bits per heavy atom. The van der Waals surface area contributed by atoms with Gasteiger partial charge in [-0.15, -0.1) is 0 Å². The van der Waals surface area contributed by atoms with E-state index < -0.39 is 5.97 Å². The summed E-state index contributed by atoms with van der Waals surface area (Å²) in [6, 6.07) is 38.7. The van der Waals surface area contributed by atoms with Crippen molar-refractivity contribution < 1.29 is 9.90 Å². The van der Waals surface area contributed by atoms with Crippen molar-refractivity contribution in [3.05, 3.63) is 133 Å². The maximum atomic E-state index is 10.4. The molecule has 0 bridgehead atoms. The molecule has 1 N–H and O–H groups in total. The molecular weight excluding hydrogens is 388 g/mol. The van der Waals surface area contributed by atoms with Crippen LogP contribution in [0.2, 0.25) is 0 Å². The Balaban J connectivity index is 0.000000199. The molecule has 0 radical (unpaired) electrons. The molecule has 0 spiro atoms. The Morgan fingerprint density at radius 3 is 1.30 bits per heavy atom. The zero-order chi connectivity index (χ0) is 21.2. The average Bonchev–Trinajstić information content (AvgIpc) is 2.82. The van der Waals surface area contributed by atoms with E-state index in [0.29, 0.717) is 5.56 Å². The van der Waals surface area contributed by atoms with Crippen LogP contribution >= 0.6 is 0 Å². The van der Waals surface area contributed by atoms with E-state index in [9.17, 15) is 4.79 Å². The molecular formula is C27H23O2S+. The van der Waals surface area contributed by atoms with Gasteiger partial charge >= 0.3 is 5.97 Å². The first-order chi connectivity index (χ1) is 14.7. The lowest BCUT2D eigenvalue weighted by Crippen LogP contribution is -2.04. The Kier molecular flexibility index (Phi) is 7.64. The van der Waals surface area contributed by atoms with Gasteiger partial charge in [0.15, 0.2) is 14.7 Å².